The van der Waals surface area contributed by atoms with Crippen molar-refractivity contribution < 1.29 is 8.78 Å². The number of hydrogen-bond donors (Lipinski definition) is 1. The van der Waals surface area contributed by atoms with Crippen LogP contribution in [0.2, 0.25) is 0 Å². The maximum absolute atomic E-state index is 14.2. The molecule has 0 aliphatic heterocycles. The molecule has 0 saturated carbocycles. The molecule has 0 aromatic heterocycles. The molecule has 2 aromatic carbocycles. The van der Waals surface area contributed by atoms with Crippen LogP contribution in [0.4, 0.5) is 8.78 Å². The monoisotopic (exact) mass is 325 g/mol. The molecule has 1 unspecified atom stereocenters. The third-order valence-electron chi connectivity index (χ3n) is 3.13. The van der Waals surface area contributed by atoms with E-state index in [1.54, 1.807) is 31.3 Å². The van der Waals surface area contributed by atoms with E-state index in [-0.39, 0.29) is 17.7 Å². The molecule has 1 nitrogen and oxygen atoms in total. The Hall–Kier alpha value is -1.26. The van der Waals surface area contributed by atoms with Gasteiger partial charge in [-0.15, -0.1) is 0 Å². The van der Waals surface area contributed by atoms with E-state index in [2.05, 4.69) is 21.2 Å². The Kier molecular flexibility index (Phi) is 4.32. The number of nitrogens with one attached hydrogen (secondary N) is 1. The fourth-order valence-corrected chi connectivity index (χ4v) is 2.53. The predicted octanol–water partition coefficient (Wildman–Crippen LogP) is 4.34. The molecule has 0 radical (unpaired) electrons. The van der Waals surface area contributed by atoms with Crippen LogP contribution in [0.25, 0.3) is 0 Å². The summed E-state index contributed by atoms with van der Waals surface area (Å²) in [5, 5.41) is 3.04. The van der Waals surface area contributed by atoms with Crippen molar-refractivity contribution in [3.63, 3.8) is 0 Å². The molecule has 19 heavy (non-hydrogen) atoms. The van der Waals surface area contributed by atoms with Gasteiger partial charge in [-0.2, -0.15) is 0 Å². The molecule has 2 aromatic rings. The molecule has 0 aliphatic rings. The molecule has 0 fully saturated rings. The molecule has 0 heterocycles. The lowest BCUT2D eigenvalue weighted by Gasteiger charge is -2.20. The number of hydrogen-bond acceptors (Lipinski definition) is 1. The fraction of sp³-hybridized carbons (Fsp3) is 0.200. The SMILES string of the molecule is CNC(c1cc(F)ccc1C)c1cccc(Br)c1F. The average molecular weight is 326 g/mol. The summed E-state index contributed by atoms with van der Waals surface area (Å²) in [5.41, 5.74) is 2.14. The summed E-state index contributed by atoms with van der Waals surface area (Å²) in [6, 6.07) is 9.27. The van der Waals surface area contributed by atoms with Crippen molar-refractivity contribution in [1.82, 2.24) is 5.32 Å². The van der Waals surface area contributed by atoms with Gasteiger partial charge in [0, 0.05) is 5.56 Å². The van der Waals surface area contributed by atoms with E-state index in [0.29, 0.717) is 10.0 Å². The highest BCUT2D eigenvalue weighted by molar-refractivity contribution is 9.10. The van der Waals surface area contributed by atoms with Crippen molar-refractivity contribution in [2.45, 2.75) is 13.0 Å². The molecule has 1 atom stereocenters. The summed E-state index contributed by atoms with van der Waals surface area (Å²) in [6.07, 6.45) is 0. The second-order valence-electron chi connectivity index (χ2n) is 4.37. The smallest absolute Gasteiger partial charge is 0.142 e. The predicted molar refractivity (Wildman–Crippen MR) is 76.1 cm³/mol. The van der Waals surface area contributed by atoms with Gasteiger partial charge in [-0.05, 0) is 59.2 Å². The third-order valence-corrected chi connectivity index (χ3v) is 3.75. The second-order valence-corrected chi connectivity index (χ2v) is 5.22. The van der Waals surface area contributed by atoms with Crippen LogP contribution >= 0.6 is 15.9 Å². The molecule has 0 spiro atoms. The molecule has 4 heteroatoms. The first kappa shape index (κ1) is 14.2. The first-order valence-corrected chi connectivity index (χ1v) is 6.71. The molecule has 100 valence electrons. The minimum atomic E-state index is -0.381. The van der Waals surface area contributed by atoms with Crippen molar-refractivity contribution in [2.24, 2.45) is 0 Å². The highest BCUT2D eigenvalue weighted by Gasteiger charge is 2.19. The Morgan fingerprint density at radius 1 is 1.11 bits per heavy atom. The normalized spacial score (nSPS) is 12.5. The van der Waals surface area contributed by atoms with Gasteiger partial charge in [0.25, 0.3) is 0 Å². The fourth-order valence-electron chi connectivity index (χ4n) is 2.14. The zero-order chi connectivity index (χ0) is 14.0. The summed E-state index contributed by atoms with van der Waals surface area (Å²) in [7, 11) is 1.73. The summed E-state index contributed by atoms with van der Waals surface area (Å²) in [6.45, 7) is 1.88. The van der Waals surface area contributed by atoms with Gasteiger partial charge in [-0.25, -0.2) is 8.78 Å². The van der Waals surface area contributed by atoms with Crippen LogP contribution < -0.4 is 5.32 Å². The van der Waals surface area contributed by atoms with Crippen LogP contribution in [0.5, 0.6) is 0 Å². The van der Waals surface area contributed by atoms with E-state index in [0.717, 1.165) is 11.1 Å². The van der Waals surface area contributed by atoms with Gasteiger partial charge in [0.2, 0.25) is 0 Å². The molecular formula is C15H14BrF2N. The van der Waals surface area contributed by atoms with Gasteiger partial charge >= 0.3 is 0 Å². The van der Waals surface area contributed by atoms with E-state index < -0.39 is 0 Å². The molecule has 1 N–H and O–H groups in total. The van der Waals surface area contributed by atoms with E-state index in [1.807, 2.05) is 6.92 Å². The quantitative estimate of drug-likeness (QED) is 0.884. The summed E-state index contributed by atoms with van der Waals surface area (Å²) in [4.78, 5) is 0. The Bertz CT molecular complexity index is 597. The van der Waals surface area contributed by atoms with E-state index in [4.69, 9.17) is 0 Å². The summed E-state index contributed by atoms with van der Waals surface area (Å²) < 4.78 is 28.0. The minimum absolute atomic E-state index is 0.323. The van der Waals surface area contributed by atoms with E-state index in [9.17, 15) is 8.78 Å². The van der Waals surface area contributed by atoms with Gasteiger partial charge in [0.1, 0.15) is 11.6 Å². The zero-order valence-electron chi connectivity index (χ0n) is 10.7. The number of halogens is 3. The number of rotatable bonds is 3. The highest BCUT2D eigenvalue weighted by Crippen LogP contribution is 2.30. The van der Waals surface area contributed by atoms with Gasteiger partial charge in [-0.3, -0.25) is 0 Å². The average Bonchev–Trinajstić information content (AvgIpc) is 2.39. The maximum Gasteiger partial charge on any atom is 0.142 e. The van der Waals surface area contributed by atoms with Crippen molar-refractivity contribution in [2.75, 3.05) is 7.05 Å². The Labute approximate surface area is 119 Å². The highest BCUT2D eigenvalue weighted by atomic mass is 79.9. The van der Waals surface area contributed by atoms with Crippen molar-refractivity contribution >= 4 is 15.9 Å². The molecule has 0 saturated heterocycles. The minimum Gasteiger partial charge on any atom is -0.309 e. The van der Waals surface area contributed by atoms with Crippen LogP contribution in [-0.4, -0.2) is 7.05 Å². The Morgan fingerprint density at radius 2 is 1.84 bits per heavy atom. The zero-order valence-corrected chi connectivity index (χ0v) is 12.3. The second kappa shape index (κ2) is 5.80. The lowest BCUT2D eigenvalue weighted by atomic mass is 9.94. The lowest BCUT2D eigenvalue weighted by molar-refractivity contribution is 0.565. The third kappa shape index (κ3) is 2.85. The van der Waals surface area contributed by atoms with Crippen LogP contribution in [0.3, 0.4) is 0 Å². The van der Waals surface area contributed by atoms with Gasteiger partial charge < -0.3 is 5.32 Å². The van der Waals surface area contributed by atoms with Gasteiger partial charge in [-0.1, -0.05) is 18.2 Å². The van der Waals surface area contributed by atoms with Crippen molar-refractivity contribution in [3.05, 3.63) is 69.2 Å². The first-order chi connectivity index (χ1) is 9.04. The van der Waals surface area contributed by atoms with Crippen LogP contribution in [0.15, 0.2) is 40.9 Å². The maximum atomic E-state index is 14.2. The number of benzene rings is 2. The van der Waals surface area contributed by atoms with Crippen LogP contribution in [0.1, 0.15) is 22.7 Å². The Balaban J connectivity index is 2.56. The molecule has 0 amide bonds. The van der Waals surface area contributed by atoms with E-state index in [1.165, 1.54) is 12.1 Å². The lowest BCUT2D eigenvalue weighted by Crippen LogP contribution is -2.20. The van der Waals surface area contributed by atoms with E-state index >= 15 is 0 Å². The summed E-state index contributed by atoms with van der Waals surface area (Å²) in [5.74, 6) is -0.651. The van der Waals surface area contributed by atoms with Crippen LogP contribution in [-0.2, 0) is 0 Å². The number of aryl methyl sites for hydroxylation is 1. The van der Waals surface area contributed by atoms with Gasteiger partial charge in [0.15, 0.2) is 0 Å². The molecule has 2 rings (SSSR count). The standard InChI is InChI=1S/C15H14BrF2N/c1-9-6-7-10(17)8-12(9)15(19-2)11-4-3-5-13(16)14(11)18/h3-8,15,19H,1-2H3. The molecule has 0 bridgehead atoms. The van der Waals surface area contributed by atoms with Crippen LogP contribution in [0, 0.1) is 18.6 Å². The van der Waals surface area contributed by atoms with Crippen molar-refractivity contribution in [1.29, 1.82) is 0 Å². The summed E-state index contributed by atoms with van der Waals surface area (Å²) >= 11 is 3.17. The Morgan fingerprint density at radius 3 is 2.53 bits per heavy atom. The van der Waals surface area contributed by atoms with Gasteiger partial charge in [0.05, 0.1) is 10.5 Å². The van der Waals surface area contributed by atoms with Crippen molar-refractivity contribution in [3.8, 4) is 0 Å². The first-order valence-electron chi connectivity index (χ1n) is 5.92. The molecular weight excluding hydrogens is 312 g/mol. The molecule has 0 aliphatic carbocycles. The topological polar surface area (TPSA) is 12.0 Å². The largest absolute Gasteiger partial charge is 0.309 e.